The number of carbonyl (C=O) groups excluding carboxylic acids is 1. The summed E-state index contributed by atoms with van der Waals surface area (Å²) in [6.07, 6.45) is 4.38. The van der Waals surface area contributed by atoms with Gasteiger partial charge in [0.2, 0.25) is 10.0 Å². The van der Waals surface area contributed by atoms with Crippen LogP contribution in [0.3, 0.4) is 0 Å². The SMILES string of the molecule is CCOC(=O)CC=Cc1cccc(N2CCCS2(=O)=O)c1. The van der Waals surface area contributed by atoms with Crippen molar-refractivity contribution in [2.24, 2.45) is 0 Å². The van der Waals surface area contributed by atoms with Gasteiger partial charge in [0, 0.05) is 6.54 Å². The van der Waals surface area contributed by atoms with Crippen LogP contribution in [0, 0.1) is 0 Å². The first-order chi connectivity index (χ1) is 10.0. The molecule has 0 radical (unpaired) electrons. The molecule has 0 amide bonds. The molecular weight excluding hydrogens is 290 g/mol. The maximum absolute atomic E-state index is 11.9. The minimum Gasteiger partial charge on any atom is -0.466 e. The largest absolute Gasteiger partial charge is 0.466 e. The van der Waals surface area contributed by atoms with Crippen LogP contribution in [0.1, 0.15) is 25.3 Å². The van der Waals surface area contributed by atoms with Gasteiger partial charge in [-0.25, -0.2) is 8.42 Å². The number of benzene rings is 1. The lowest BCUT2D eigenvalue weighted by atomic mass is 10.1. The van der Waals surface area contributed by atoms with Crippen LogP contribution in [0.2, 0.25) is 0 Å². The summed E-state index contributed by atoms with van der Waals surface area (Å²) in [5.41, 5.74) is 1.53. The molecule has 0 atom stereocenters. The number of ether oxygens (including phenoxy) is 1. The van der Waals surface area contributed by atoms with Gasteiger partial charge < -0.3 is 4.74 Å². The Balaban J connectivity index is 2.08. The summed E-state index contributed by atoms with van der Waals surface area (Å²) < 4.78 is 30.1. The van der Waals surface area contributed by atoms with E-state index >= 15 is 0 Å². The average Bonchev–Trinajstić information content (AvgIpc) is 2.79. The zero-order valence-corrected chi connectivity index (χ0v) is 12.8. The van der Waals surface area contributed by atoms with E-state index in [1.54, 1.807) is 25.1 Å². The number of nitrogens with zero attached hydrogens (tertiary/aromatic N) is 1. The number of sulfonamides is 1. The van der Waals surface area contributed by atoms with Gasteiger partial charge in [0.05, 0.1) is 24.5 Å². The monoisotopic (exact) mass is 309 g/mol. The van der Waals surface area contributed by atoms with Crippen LogP contribution in [0.15, 0.2) is 30.3 Å². The molecule has 6 heteroatoms. The molecule has 1 aliphatic heterocycles. The Labute approximate surface area is 125 Å². The van der Waals surface area contributed by atoms with Crippen LogP contribution in [-0.2, 0) is 19.6 Å². The summed E-state index contributed by atoms with van der Waals surface area (Å²) in [5, 5.41) is 0. The second-order valence-corrected chi connectivity index (χ2v) is 6.76. The molecule has 0 bridgehead atoms. The van der Waals surface area contributed by atoms with Crippen LogP contribution in [0.4, 0.5) is 5.69 Å². The molecule has 0 N–H and O–H groups in total. The highest BCUT2D eigenvalue weighted by atomic mass is 32.2. The van der Waals surface area contributed by atoms with E-state index < -0.39 is 10.0 Å². The second-order valence-electron chi connectivity index (χ2n) is 4.75. The van der Waals surface area contributed by atoms with Crippen molar-refractivity contribution in [3.05, 3.63) is 35.9 Å². The van der Waals surface area contributed by atoms with E-state index in [2.05, 4.69) is 0 Å². The Morgan fingerprint density at radius 3 is 2.90 bits per heavy atom. The average molecular weight is 309 g/mol. The fraction of sp³-hybridized carbons (Fsp3) is 0.400. The van der Waals surface area contributed by atoms with Gasteiger partial charge in [0.15, 0.2) is 0 Å². The first-order valence-electron chi connectivity index (χ1n) is 6.95. The second kappa shape index (κ2) is 6.76. The van der Waals surface area contributed by atoms with Crippen molar-refractivity contribution < 1.29 is 17.9 Å². The lowest BCUT2D eigenvalue weighted by Gasteiger charge is -2.17. The van der Waals surface area contributed by atoms with E-state index in [1.807, 2.05) is 18.2 Å². The van der Waals surface area contributed by atoms with Crippen LogP contribution in [-0.4, -0.2) is 33.3 Å². The van der Waals surface area contributed by atoms with Gasteiger partial charge in [-0.2, -0.15) is 0 Å². The van der Waals surface area contributed by atoms with E-state index in [4.69, 9.17) is 4.74 Å². The molecule has 114 valence electrons. The third kappa shape index (κ3) is 4.07. The van der Waals surface area contributed by atoms with Crippen molar-refractivity contribution in [2.75, 3.05) is 23.2 Å². The number of carbonyl (C=O) groups is 1. The highest BCUT2D eigenvalue weighted by Gasteiger charge is 2.28. The molecular formula is C15H19NO4S. The molecule has 1 fully saturated rings. The smallest absolute Gasteiger partial charge is 0.309 e. The van der Waals surface area contributed by atoms with Crippen LogP contribution < -0.4 is 4.31 Å². The minimum absolute atomic E-state index is 0.204. The Kier molecular flexibility index (Phi) is 5.01. The third-order valence-electron chi connectivity index (χ3n) is 3.16. The maximum atomic E-state index is 11.9. The van der Waals surface area contributed by atoms with Crippen LogP contribution >= 0.6 is 0 Å². The van der Waals surface area contributed by atoms with E-state index in [0.29, 0.717) is 25.3 Å². The first kappa shape index (κ1) is 15.6. The molecule has 0 saturated carbocycles. The molecule has 5 nitrogen and oxygen atoms in total. The molecule has 0 unspecified atom stereocenters. The molecule has 1 heterocycles. The van der Waals surface area contributed by atoms with Crippen LogP contribution in [0.25, 0.3) is 6.08 Å². The number of hydrogen-bond acceptors (Lipinski definition) is 4. The quantitative estimate of drug-likeness (QED) is 0.782. The summed E-state index contributed by atoms with van der Waals surface area (Å²) in [6, 6.07) is 7.27. The van der Waals surface area contributed by atoms with Gasteiger partial charge >= 0.3 is 5.97 Å². The molecule has 1 aromatic carbocycles. The fourth-order valence-electron chi connectivity index (χ4n) is 2.22. The lowest BCUT2D eigenvalue weighted by molar-refractivity contribution is -0.142. The molecule has 21 heavy (non-hydrogen) atoms. The maximum Gasteiger partial charge on any atom is 0.309 e. The Morgan fingerprint density at radius 2 is 2.24 bits per heavy atom. The third-order valence-corrected chi connectivity index (χ3v) is 5.03. The minimum atomic E-state index is -3.16. The molecule has 1 aromatic rings. The predicted molar refractivity (Wildman–Crippen MR) is 82.5 cm³/mol. The normalized spacial score (nSPS) is 17.3. The molecule has 0 spiro atoms. The lowest BCUT2D eigenvalue weighted by Crippen LogP contribution is -2.24. The topological polar surface area (TPSA) is 63.7 Å². The summed E-state index contributed by atoms with van der Waals surface area (Å²) in [5.74, 6) is -0.0670. The van der Waals surface area contributed by atoms with Gasteiger partial charge in [0.25, 0.3) is 0 Å². The Morgan fingerprint density at radius 1 is 1.43 bits per heavy atom. The number of hydrogen-bond donors (Lipinski definition) is 0. The van der Waals surface area contributed by atoms with Gasteiger partial charge in [-0.15, -0.1) is 0 Å². The first-order valence-corrected chi connectivity index (χ1v) is 8.56. The highest BCUT2D eigenvalue weighted by Crippen LogP contribution is 2.25. The van der Waals surface area contributed by atoms with Gasteiger partial charge in [-0.1, -0.05) is 24.3 Å². The standard InChI is InChI=1S/C15H19NO4S/c1-2-20-15(17)9-4-7-13-6-3-8-14(12-13)16-10-5-11-21(16,18)19/h3-4,6-8,12H,2,5,9-11H2,1H3. The van der Waals surface area contributed by atoms with Crippen molar-refractivity contribution in [3.63, 3.8) is 0 Å². The van der Waals surface area contributed by atoms with E-state index in [1.165, 1.54) is 4.31 Å². The van der Waals surface area contributed by atoms with E-state index in [-0.39, 0.29) is 18.1 Å². The van der Waals surface area contributed by atoms with Crippen molar-refractivity contribution in [2.45, 2.75) is 19.8 Å². The zero-order valence-electron chi connectivity index (χ0n) is 12.0. The van der Waals surface area contributed by atoms with Crippen LogP contribution in [0.5, 0.6) is 0 Å². The summed E-state index contributed by atoms with van der Waals surface area (Å²) in [6.45, 7) is 2.66. The van der Waals surface area contributed by atoms with Crippen molar-refractivity contribution in [1.29, 1.82) is 0 Å². The van der Waals surface area contributed by atoms with E-state index in [9.17, 15) is 13.2 Å². The van der Waals surface area contributed by atoms with Gasteiger partial charge in [-0.05, 0) is 31.0 Å². The van der Waals surface area contributed by atoms with Gasteiger partial charge in [0.1, 0.15) is 0 Å². The molecule has 2 rings (SSSR count). The fourth-order valence-corrected chi connectivity index (χ4v) is 3.78. The van der Waals surface area contributed by atoms with E-state index in [0.717, 1.165) is 5.56 Å². The van der Waals surface area contributed by atoms with Crippen molar-refractivity contribution in [3.8, 4) is 0 Å². The molecule has 1 aliphatic rings. The molecule has 1 saturated heterocycles. The molecule has 0 aromatic heterocycles. The molecule has 0 aliphatic carbocycles. The van der Waals surface area contributed by atoms with Crippen molar-refractivity contribution >= 4 is 27.8 Å². The number of esters is 1. The predicted octanol–water partition coefficient (Wildman–Crippen LogP) is 2.19. The highest BCUT2D eigenvalue weighted by molar-refractivity contribution is 7.93. The number of rotatable bonds is 5. The Hall–Kier alpha value is -1.82. The summed E-state index contributed by atoms with van der Waals surface area (Å²) in [7, 11) is -3.16. The number of anilines is 1. The van der Waals surface area contributed by atoms with Crippen molar-refractivity contribution in [1.82, 2.24) is 0 Å². The summed E-state index contributed by atoms with van der Waals surface area (Å²) >= 11 is 0. The zero-order chi connectivity index (χ0) is 15.3. The Bertz CT molecular complexity index is 637. The summed E-state index contributed by atoms with van der Waals surface area (Å²) in [4.78, 5) is 11.2. The van der Waals surface area contributed by atoms with Gasteiger partial charge in [-0.3, -0.25) is 9.10 Å².